The first kappa shape index (κ1) is 18.4. The fourth-order valence-corrected chi connectivity index (χ4v) is 2.80. The van der Waals surface area contributed by atoms with E-state index in [1.165, 1.54) is 0 Å². The van der Waals surface area contributed by atoms with Gasteiger partial charge in [0.2, 0.25) is 0 Å². The van der Waals surface area contributed by atoms with Crippen LogP contribution in [0.5, 0.6) is 0 Å². The minimum atomic E-state index is -1.20. The van der Waals surface area contributed by atoms with Crippen molar-refractivity contribution in [1.29, 1.82) is 5.26 Å². The minimum absolute atomic E-state index is 0.0799. The van der Waals surface area contributed by atoms with Gasteiger partial charge in [0.05, 0.1) is 18.2 Å². The highest BCUT2D eigenvalue weighted by Gasteiger charge is 2.24. The second-order valence-electron chi connectivity index (χ2n) is 6.59. The van der Waals surface area contributed by atoms with Gasteiger partial charge in [-0.15, -0.1) is 0 Å². The molecule has 0 aliphatic rings. The summed E-state index contributed by atoms with van der Waals surface area (Å²) in [6.07, 6.45) is 0. The maximum Gasteiger partial charge on any atom is 0.251 e. The minimum Gasteiger partial charge on any atom is -0.384 e. The van der Waals surface area contributed by atoms with Crippen molar-refractivity contribution in [3.05, 3.63) is 95.6 Å². The molecule has 0 fully saturated rings. The fourth-order valence-electron chi connectivity index (χ4n) is 2.80. The van der Waals surface area contributed by atoms with E-state index in [0.29, 0.717) is 11.1 Å². The number of nitrogens with zero attached hydrogens (tertiary/aromatic N) is 1. The Balaban J connectivity index is 1.67. The Hall–Kier alpha value is -3.42. The molecule has 134 valence electrons. The Kier molecular flexibility index (Phi) is 5.35. The predicted molar refractivity (Wildman–Crippen MR) is 105 cm³/mol. The van der Waals surface area contributed by atoms with E-state index in [0.717, 1.165) is 16.7 Å². The molecule has 2 N–H and O–H groups in total. The highest BCUT2D eigenvalue weighted by atomic mass is 16.3. The normalized spacial score (nSPS) is 12.6. The van der Waals surface area contributed by atoms with Gasteiger partial charge in [-0.2, -0.15) is 5.26 Å². The van der Waals surface area contributed by atoms with Crippen LogP contribution in [-0.2, 0) is 5.60 Å². The van der Waals surface area contributed by atoms with Gasteiger partial charge < -0.3 is 10.4 Å². The fraction of sp³-hybridized carbons (Fsp3) is 0.130. The Labute approximate surface area is 158 Å². The van der Waals surface area contributed by atoms with Gasteiger partial charge in [0.1, 0.15) is 5.60 Å². The first-order chi connectivity index (χ1) is 13.0. The highest BCUT2D eigenvalue weighted by molar-refractivity contribution is 5.94. The van der Waals surface area contributed by atoms with Crippen molar-refractivity contribution in [1.82, 2.24) is 5.32 Å². The van der Waals surface area contributed by atoms with Crippen molar-refractivity contribution in [2.75, 3.05) is 6.54 Å². The topological polar surface area (TPSA) is 73.1 Å². The zero-order valence-electron chi connectivity index (χ0n) is 15.0. The summed E-state index contributed by atoms with van der Waals surface area (Å²) in [5.74, 6) is -0.291. The zero-order valence-corrected chi connectivity index (χ0v) is 15.0. The monoisotopic (exact) mass is 356 g/mol. The number of nitriles is 1. The molecule has 0 aliphatic carbocycles. The number of aliphatic hydroxyl groups is 1. The number of amides is 1. The first-order valence-corrected chi connectivity index (χ1v) is 8.66. The Morgan fingerprint density at radius 2 is 1.56 bits per heavy atom. The molecule has 4 nitrogen and oxygen atoms in total. The van der Waals surface area contributed by atoms with Crippen molar-refractivity contribution in [2.45, 2.75) is 12.5 Å². The van der Waals surface area contributed by atoms with Crippen molar-refractivity contribution in [2.24, 2.45) is 0 Å². The zero-order chi connectivity index (χ0) is 19.3. The van der Waals surface area contributed by atoms with Crippen LogP contribution >= 0.6 is 0 Å². The lowest BCUT2D eigenvalue weighted by molar-refractivity contribution is 0.0526. The van der Waals surface area contributed by atoms with Crippen molar-refractivity contribution >= 4 is 5.91 Å². The van der Waals surface area contributed by atoms with Crippen LogP contribution in [0, 0.1) is 11.3 Å². The maximum absolute atomic E-state index is 12.3. The molecule has 0 heterocycles. The molecule has 0 aromatic heterocycles. The van der Waals surface area contributed by atoms with Crippen LogP contribution in [0.3, 0.4) is 0 Å². The number of hydrogen-bond acceptors (Lipinski definition) is 3. The van der Waals surface area contributed by atoms with Crippen molar-refractivity contribution in [3.63, 3.8) is 0 Å². The van der Waals surface area contributed by atoms with E-state index in [1.54, 1.807) is 31.2 Å². The van der Waals surface area contributed by atoms with Gasteiger partial charge in [0.25, 0.3) is 5.91 Å². The van der Waals surface area contributed by atoms with E-state index < -0.39 is 5.60 Å². The third-order valence-corrected chi connectivity index (χ3v) is 4.48. The van der Waals surface area contributed by atoms with Crippen LogP contribution in [0.1, 0.15) is 28.4 Å². The van der Waals surface area contributed by atoms with Crippen LogP contribution < -0.4 is 5.32 Å². The smallest absolute Gasteiger partial charge is 0.251 e. The summed E-state index contributed by atoms with van der Waals surface area (Å²) >= 11 is 0. The van der Waals surface area contributed by atoms with Crippen molar-refractivity contribution in [3.8, 4) is 17.2 Å². The van der Waals surface area contributed by atoms with Crippen LogP contribution in [0.15, 0.2) is 78.9 Å². The van der Waals surface area contributed by atoms with Gasteiger partial charge in [-0.25, -0.2) is 0 Å². The van der Waals surface area contributed by atoms with Gasteiger partial charge in [-0.3, -0.25) is 4.79 Å². The summed E-state index contributed by atoms with van der Waals surface area (Å²) < 4.78 is 0. The predicted octanol–water partition coefficient (Wildman–Crippen LogP) is 3.86. The molecule has 3 aromatic rings. The van der Waals surface area contributed by atoms with Gasteiger partial charge in [-0.05, 0) is 47.9 Å². The van der Waals surface area contributed by atoms with E-state index in [1.807, 2.05) is 60.7 Å². The molecule has 1 atom stereocenters. The Morgan fingerprint density at radius 1 is 0.963 bits per heavy atom. The Morgan fingerprint density at radius 3 is 2.15 bits per heavy atom. The molecular weight excluding hydrogens is 336 g/mol. The number of carbonyl (C=O) groups excluding carboxylic acids is 1. The second kappa shape index (κ2) is 7.86. The molecule has 0 unspecified atom stereocenters. The average molecular weight is 356 g/mol. The lowest BCUT2D eigenvalue weighted by Gasteiger charge is -2.24. The van der Waals surface area contributed by atoms with E-state index in [-0.39, 0.29) is 12.5 Å². The largest absolute Gasteiger partial charge is 0.384 e. The Bertz CT molecular complexity index is 954. The maximum atomic E-state index is 12.3. The van der Waals surface area contributed by atoms with Gasteiger partial charge in [0, 0.05) is 5.56 Å². The van der Waals surface area contributed by atoms with Crippen molar-refractivity contribution < 1.29 is 9.90 Å². The molecule has 4 heteroatoms. The molecule has 0 radical (unpaired) electrons. The average Bonchev–Trinajstić information content (AvgIpc) is 2.73. The summed E-state index contributed by atoms with van der Waals surface area (Å²) in [5, 5.41) is 22.3. The molecule has 3 rings (SSSR count). The third-order valence-electron chi connectivity index (χ3n) is 4.48. The summed E-state index contributed by atoms with van der Waals surface area (Å²) in [5.41, 5.74) is 2.65. The SMILES string of the molecule is C[C@@](O)(CNC(=O)c1ccc(C#N)cc1)c1ccc(-c2ccccc2)cc1. The summed E-state index contributed by atoms with van der Waals surface area (Å²) in [4.78, 5) is 12.3. The molecule has 0 saturated carbocycles. The van der Waals surface area contributed by atoms with E-state index in [2.05, 4.69) is 5.32 Å². The van der Waals surface area contributed by atoms with Gasteiger partial charge >= 0.3 is 0 Å². The van der Waals surface area contributed by atoms with E-state index >= 15 is 0 Å². The van der Waals surface area contributed by atoms with Crippen LogP contribution in [0.25, 0.3) is 11.1 Å². The molecule has 3 aromatic carbocycles. The molecular formula is C23H20N2O2. The number of nitrogens with one attached hydrogen (secondary N) is 1. The number of carbonyl (C=O) groups is 1. The lowest BCUT2D eigenvalue weighted by atomic mass is 9.93. The molecule has 27 heavy (non-hydrogen) atoms. The molecule has 0 bridgehead atoms. The molecule has 0 saturated heterocycles. The number of benzene rings is 3. The van der Waals surface area contributed by atoms with E-state index in [9.17, 15) is 9.90 Å². The first-order valence-electron chi connectivity index (χ1n) is 8.66. The molecule has 0 aliphatic heterocycles. The van der Waals surface area contributed by atoms with Gasteiger partial charge in [-0.1, -0.05) is 54.6 Å². The molecule has 0 spiro atoms. The quantitative estimate of drug-likeness (QED) is 0.729. The number of rotatable bonds is 5. The summed E-state index contributed by atoms with van der Waals surface area (Å²) in [6, 6.07) is 26.1. The van der Waals surface area contributed by atoms with Crippen LogP contribution in [0.4, 0.5) is 0 Å². The van der Waals surface area contributed by atoms with Gasteiger partial charge in [0.15, 0.2) is 0 Å². The van der Waals surface area contributed by atoms with Crippen LogP contribution in [0.2, 0.25) is 0 Å². The summed E-state index contributed by atoms with van der Waals surface area (Å²) in [7, 11) is 0. The van der Waals surface area contributed by atoms with E-state index in [4.69, 9.17) is 5.26 Å². The second-order valence-corrected chi connectivity index (χ2v) is 6.59. The summed E-state index contributed by atoms with van der Waals surface area (Å²) in [6.45, 7) is 1.75. The standard InChI is InChI=1S/C23H20N2O2/c1-23(27,16-25-22(26)20-9-7-17(15-24)8-10-20)21-13-11-19(12-14-21)18-5-3-2-4-6-18/h2-14,27H,16H2,1H3,(H,25,26)/t23-/m1/s1. The number of hydrogen-bond donors (Lipinski definition) is 2. The highest BCUT2D eigenvalue weighted by Crippen LogP contribution is 2.24. The third kappa shape index (κ3) is 4.41. The van der Waals surface area contributed by atoms with Crippen LogP contribution in [-0.4, -0.2) is 17.6 Å². The molecule has 1 amide bonds. The lowest BCUT2D eigenvalue weighted by Crippen LogP contribution is -2.38.